The lowest BCUT2D eigenvalue weighted by molar-refractivity contribution is 0.196. The molecule has 3 aromatic rings. The van der Waals surface area contributed by atoms with Crippen molar-refractivity contribution in [3.8, 4) is 5.75 Å². The molecular formula is C20H19N3O2. The third kappa shape index (κ3) is 3.40. The maximum Gasteiger partial charge on any atom is 0.321 e. The molecule has 0 radical (unpaired) electrons. The normalized spacial score (nSPS) is 16.8. The molecule has 1 aromatic heterocycles. The topological polar surface area (TPSA) is 54.5 Å². The number of carbonyl (C=O) groups is 1. The molecule has 1 N–H and O–H groups in total. The van der Waals surface area contributed by atoms with Gasteiger partial charge < -0.3 is 15.0 Å². The van der Waals surface area contributed by atoms with Crippen molar-refractivity contribution in [1.82, 2.24) is 9.88 Å². The van der Waals surface area contributed by atoms with E-state index in [1.807, 2.05) is 60.7 Å². The Morgan fingerprint density at radius 2 is 1.92 bits per heavy atom. The van der Waals surface area contributed by atoms with E-state index in [1.165, 1.54) is 0 Å². The van der Waals surface area contributed by atoms with Gasteiger partial charge in [0.1, 0.15) is 17.4 Å². The summed E-state index contributed by atoms with van der Waals surface area (Å²) in [6, 6.07) is 19.2. The third-order valence-electron chi connectivity index (χ3n) is 4.35. The van der Waals surface area contributed by atoms with E-state index in [1.54, 1.807) is 11.1 Å². The van der Waals surface area contributed by atoms with Crippen LogP contribution in [-0.2, 0) is 0 Å². The van der Waals surface area contributed by atoms with Gasteiger partial charge in [0.15, 0.2) is 0 Å². The summed E-state index contributed by atoms with van der Waals surface area (Å²) in [6.45, 7) is 1.25. The fraction of sp³-hybridized carbons (Fsp3) is 0.200. The minimum atomic E-state index is -0.0895. The van der Waals surface area contributed by atoms with Gasteiger partial charge in [0.2, 0.25) is 0 Å². The first-order valence-corrected chi connectivity index (χ1v) is 8.41. The Kier molecular flexibility index (Phi) is 4.21. The zero-order valence-electron chi connectivity index (χ0n) is 13.8. The van der Waals surface area contributed by atoms with Crippen LogP contribution in [0.1, 0.15) is 6.42 Å². The predicted octanol–water partition coefficient (Wildman–Crippen LogP) is 3.92. The van der Waals surface area contributed by atoms with Crippen LogP contribution < -0.4 is 10.1 Å². The van der Waals surface area contributed by atoms with Crippen LogP contribution in [0.2, 0.25) is 0 Å². The molecule has 0 aliphatic carbocycles. The van der Waals surface area contributed by atoms with Crippen molar-refractivity contribution in [2.75, 3.05) is 18.4 Å². The van der Waals surface area contributed by atoms with Gasteiger partial charge >= 0.3 is 6.03 Å². The number of nitrogens with one attached hydrogen (secondary N) is 1. The zero-order chi connectivity index (χ0) is 17.1. The van der Waals surface area contributed by atoms with Crippen molar-refractivity contribution >= 4 is 22.6 Å². The fourth-order valence-electron chi connectivity index (χ4n) is 3.08. The standard InChI is InChI=1S/C20H19N3O2/c24-20(22-16-8-2-1-3-9-16)23-13-11-17(14-23)25-18-10-4-6-15-7-5-12-21-19(15)18/h1-10,12,17H,11,13-14H2,(H,22,24). The molecule has 126 valence electrons. The monoisotopic (exact) mass is 333 g/mol. The Balaban J connectivity index is 1.41. The highest BCUT2D eigenvalue weighted by molar-refractivity contribution is 5.89. The number of hydrogen-bond acceptors (Lipinski definition) is 3. The van der Waals surface area contributed by atoms with E-state index in [-0.39, 0.29) is 12.1 Å². The first-order chi connectivity index (χ1) is 12.3. The Bertz CT molecular complexity index is 877. The van der Waals surface area contributed by atoms with Gasteiger partial charge in [-0.05, 0) is 24.3 Å². The van der Waals surface area contributed by atoms with Gasteiger partial charge in [-0.25, -0.2) is 4.79 Å². The van der Waals surface area contributed by atoms with Gasteiger partial charge in [0.25, 0.3) is 0 Å². The molecule has 4 rings (SSSR count). The number of carbonyl (C=O) groups excluding carboxylic acids is 1. The van der Waals surface area contributed by atoms with Crippen LogP contribution in [-0.4, -0.2) is 35.1 Å². The van der Waals surface area contributed by atoms with E-state index in [0.717, 1.165) is 28.8 Å². The second-order valence-electron chi connectivity index (χ2n) is 6.10. The Morgan fingerprint density at radius 3 is 2.80 bits per heavy atom. The summed E-state index contributed by atoms with van der Waals surface area (Å²) in [7, 11) is 0. The first-order valence-electron chi connectivity index (χ1n) is 8.41. The Morgan fingerprint density at radius 1 is 1.08 bits per heavy atom. The molecule has 1 unspecified atom stereocenters. The molecule has 25 heavy (non-hydrogen) atoms. The molecule has 0 spiro atoms. The number of nitrogens with zero attached hydrogens (tertiary/aromatic N) is 2. The highest BCUT2D eigenvalue weighted by Crippen LogP contribution is 2.26. The molecule has 0 bridgehead atoms. The van der Waals surface area contributed by atoms with Gasteiger partial charge in [0, 0.05) is 30.2 Å². The van der Waals surface area contributed by atoms with Crippen molar-refractivity contribution in [3.63, 3.8) is 0 Å². The van der Waals surface area contributed by atoms with Gasteiger partial charge in [-0.2, -0.15) is 0 Å². The maximum absolute atomic E-state index is 12.4. The van der Waals surface area contributed by atoms with E-state index in [0.29, 0.717) is 13.1 Å². The number of rotatable bonds is 3. The van der Waals surface area contributed by atoms with Crippen molar-refractivity contribution in [2.24, 2.45) is 0 Å². The van der Waals surface area contributed by atoms with Crippen molar-refractivity contribution < 1.29 is 9.53 Å². The van der Waals surface area contributed by atoms with E-state index in [9.17, 15) is 4.79 Å². The highest BCUT2D eigenvalue weighted by atomic mass is 16.5. The minimum Gasteiger partial charge on any atom is -0.486 e. The molecule has 1 aliphatic heterocycles. The SMILES string of the molecule is O=C(Nc1ccccc1)N1CCC(Oc2cccc3cccnc23)C1. The van der Waals surface area contributed by atoms with Crippen LogP contribution in [0.25, 0.3) is 10.9 Å². The Labute approximate surface area is 146 Å². The van der Waals surface area contributed by atoms with Crippen molar-refractivity contribution in [2.45, 2.75) is 12.5 Å². The molecule has 2 amide bonds. The minimum absolute atomic E-state index is 0.0193. The summed E-state index contributed by atoms with van der Waals surface area (Å²) in [5.74, 6) is 0.772. The number of hydrogen-bond donors (Lipinski definition) is 1. The van der Waals surface area contributed by atoms with Gasteiger partial charge in [-0.3, -0.25) is 4.98 Å². The molecular weight excluding hydrogens is 314 g/mol. The fourth-order valence-corrected chi connectivity index (χ4v) is 3.08. The summed E-state index contributed by atoms with van der Waals surface area (Å²) in [6.07, 6.45) is 2.56. The molecule has 1 atom stereocenters. The molecule has 1 fully saturated rings. The lowest BCUT2D eigenvalue weighted by Gasteiger charge is -2.18. The number of fused-ring (bicyclic) bond motifs is 1. The van der Waals surface area contributed by atoms with E-state index < -0.39 is 0 Å². The molecule has 5 heteroatoms. The van der Waals surface area contributed by atoms with Crippen LogP contribution in [0.4, 0.5) is 10.5 Å². The first kappa shape index (κ1) is 15.4. The second-order valence-corrected chi connectivity index (χ2v) is 6.10. The number of anilines is 1. The molecule has 1 aliphatic rings. The number of aromatic nitrogens is 1. The Hall–Kier alpha value is -3.08. The number of pyridine rings is 1. The highest BCUT2D eigenvalue weighted by Gasteiger charge is 2.28. The number of urea groups is 1. The molecule has 2 aromatic carbocycles. The summed E-state index contributed by atoms with van der Waals surface area (Å²) in [5.41, 5.74) is 1.66. The number of ether oxygens (including phenoxy) is 1. The number of benzene rings is 2. The average molecular weight is 333 g/mol. The maximum atomic E-state index is 12.4. The quantitative estimate of drug-likeness (QED) is 0.790. The van der Waals surface area contributed by atoms with E-state index in [4.69, 9.17) is 4.74 Å². The summed E-state index contributed by atoms with van der Waals surface area (Å²) >= 11 is 0. The van der Waals surface area contributed by atoms with Crippen molar-refractivity contribution in [1.29, 1.82) is 0 Å². The van der Waals surface area contributed by atoms with E-state index in [2.05, 4.69) is 10.3 Å². The number of amides is 2. The van der Waals surface area contributed by atoms with Crippen LogP contribution in [0, 0.1) is 0 Å². The predicted molar refractivity (Wildman–Crippen MR) is 97.8 cm³/mol. The summed E-state index contributed by atoms with van der Waals surface area (Å²) in [4.78, 5) is 18.6. The number of para-hydroxylation sites is 2. The summed E-state index contributed by atoms with van der Waals surface area (Å²) < 4.78 is 6.14. The van der Waals surface area contributed by atoms with Crippen LogP contribution in [0.15, 0.2) is 66.9 Å². The van der Waals surface area contributed by atoms with Crippen LogP contribution in [0.3, 0.4) is 0 Å². The summed E-state index contributed by atoms with van der Waals surface area (Å²) in [5, 5.41) is 3.97. The van der Waals surface area contributed by atoms with Gasteiger partial charge in [0.05, 0.1) is 6.54 Å². The molecule has 2 heterocycles. The average Bonchev–Trinajstić information content (AvgIpc) is 3.12. The third-order valence-corrected chi connectivity index (χ3v) is 4.35. The second kappa shape index (κ2) is 6.81. The van der Waals surface area contributed by atoms with Gasteiger partial charge in [-0.1, -0.05) is 36.4 Å². The molecule has 0 saturated carbocycles. The van der Waals surface area contributed by atoms with Crippen LogP contribution >= 0.6 is 0 Å². The zero-order valence-corrected chi connectivity index (χ0v) is 13.8. The lowest BCUT2D eigenvalue weighted by atomic mass is 10.2. The van der Waals surface area contributed by atoms with Crippen molar-refractivity contribution in [3.05, 3.63) is 66.9 Å². The number of likely N-dealkylation sites (tertiary alicyclic amines) is 1. The van der Waals surface area contributed by atoms with Gasteiger partial charge in [-0.15, -0.1) is 0 Å². The lowest BCUT2D eigenvalue weighted by Crippen LogP contribution is -2.34. The van der Waals surface area contributed by atoms with E-state index >= 15 is 0 Å². The smallest absolute Gasteiger partial charge is 0.321 e. The largest absolute Gasteiger partial charge is 0.486 e. The molecule has 5 nitrogen and oxygen atoms in total. The van der Waals surface area contributed by atoms with Crippen LogP contribution in [0.5, 0.6) is 5.75 Å². The molecule has 1 saturated heterocycles.